The highest BCUT2D eigenvalue weighted by atomic mass is 79.9. The monoisotopic (exact) mass is 434 g/mol. The molecule has 1 aromatic heterocycles. The van der Waals surface area contributed by atoms with Crippen LogP contribution in [0.25, 0.3) is 0 Å². The van der Waals surface area contributed by atoms with Gasteiger partial charge in [-0.25, -0.2) is 0 Å². The Hall–Kier alpha value is -0.520. The van der Waals surface area contributed by atoms with Gasteiger partial charge in [0.2, 0.25) is 0 Å². The molecule has 2 aromatic rings. The zero-order valence-electron chi connectivity index (χ0n) is 12.0. The molecule has 6 heteroatoms. The van der Waals surface area contributed by atoms with Crippen LogP contribution >= 0.6 is 43.5 Å². The molecule has 3 nitrogen and oxygen atoms in total. The van der Waals surface area contributed by atoms with E-state index < -0.39 is 0 Å². The number of hydrogen-bond acceptors (Lipinski definition) is 2. The molecule has 0 saturated heterocycles. The van der Waals surface area contributed by atoms with Gasteiger partial charge in [0, 0.05) is 12.4 Å². The Morgan fingerprint density at radius 1 is 1.29 bits per heavy atom. The van der Waals surface area contributed by atoms with E-state index in [0.717, 1.165) is 44.6 Å². The molecule has 0 fully saturated rings. The molecule has 0 aliphatic carbocycles. The average Bonchev–Trinajstić information content (AvgIpc) is 2.81. The van der Waals surface area contributed by atoms with Crippen LogP contribution in [-0.2, 0) is 25.5 Å². The molecule has 114 valence electrons. The Labute approximate surface area is 146 Å². The summed E-state index contributed by atoms with van der Waals surface area (Å²) in [5.41, 5.74) is 3.18. The quantitative estimate of drug-likeness (QED) is 0.574. The summed E-state index contributed by atoms with van der Waals surface area (Å²) in [5.74, 6) is 1.30. The van der Waals surface area contributed by atoms with E-state index in [0.29, 0.717) is 12.5 Å². The average molecular weight is 437 g/mol. The van der Waals surface area contributed by atoms with Crippen LogP contribution in [0, 0.1) is 0 Å². The number of rotatable bonds is 6. The van der Waals surface area contributed by atoms with Crippen molar-refractivity contribution >= 4 is 43.5 Å². The maximum absolute atomic E-state index is 5.92. The van der Waals surface area contributed by atoms with Crippen LogP contribution in [0.15, 0.2) is 27.1 Å². The first-order valence-corrected chi connectivity index (χ1v) is 8.93. The lowest BCUT2D eigenvalue weighted by Gasteiger charge is -2.10. The Morgan fingerprint density at radius 2 is 2.05 bits per heavy atom. The molecule has 21 heavy (non-hydrogen) atoms. The Kier molecular flexibility index (Phi) is 6.14. The maximum atomic E-state index is 5.92. The van der Waals surface area contributed by atoms with Crippen molar-refractivity contribution in [3.05, 3.63) is 44.1 Å². The van der Waals surface area contributed by atoms with Gasteiger partial charge in [-0.2, -0.15) is 5.10 Å². The Balaban J connectivity index is 2.18. The first kappa shape index (κ1) is 16.8. The third-order valence-electron chi connectivity index (χ3n) is 3.21. The van der Waals surface area contributed by atoms with E-state index in [4.69, 9.17) is 16.3 Å². The standard InChI is InChI=1S/C15H17Br2ClN2O/c1-3-12-15(17)13(20(4-2)19-12)9-21-14-6-5-10(8-18)7-11(14)16/h5-7H,3-4,8-9H2,1-2H3. The highest BCUT2D eigenvalue weighted by Crippen LogP contribution is 2.29. The summed E-state index contributed by atoms with van der Waals surface area (Å²) in [7, 11) is 0. The molecule has 1 aromatic carbocycles. The highest BCUT2D eigenvalue weighted by molar-refractivity contribution is 9.10. The van der Waals surface area contributed by atoms with Crippen molar-refractivity contribution in [2.45, 2.75) is 39.3 Å². The molecule has 0 aliphatic rings. The van der Waals surface area contributed by atoms with Gasteiger partial charge in [-0.3, -0.25) is 4.68 Å². The summed E-state index contributed by atoms with van der Waals surface area (Å²) in [5, 5.41) is 4.57. The summed E-state index contributed by atoms with van der Waals surface area (Å²) in [6.45, 7) is 5.47. The lowest BCUT2D eigenvalue weighted by Crippen LogP contribution is -2.07. The zero-order valence-corrected chi connectivity index (χ0v) is 15.9. The molecule has 1 heterocycles. The summed E-state index contributed by atoms with van der Waals surface area (Å²) in [6.07, 6.45) is 0.898. The van der Waals surface area contributed by atoms with E-state index in [1.165, 1.54) is 0 Å². The van der Waals surface area contributed by atoms with E-state index >= 15 is 0 Å². The van der Waals surface area contributed by atoms with Crippen molar-refractivity contribution in [2.24, 2.45) is 0 Å². The van der Waals surface area contributed by atoms with Crippen LogP contribution in [-0.4, -0.2) is 9.78 Å². The van der Waals surface area contributed by atoms with Gasteiger partial charge in [0.1, 0.15) is 12.4 Å². The fraction of sp³-hybridized carbons (Fsp3) is 0.400. The second-order valence-corrected chi connectivity index (χ2v) is 6.48. The number of ether oxygens (including phenoxy) is 1. The SMILES string of the molecule is CCc1nn(CC)c(COc2ccc(CCl)cc2Br)c1Br. The van der Waals surface area contributed by atoms with Gasteiger partial charge in [-0.1, -0.05) is 13.0 Å². The van der Waals surface area contributed by atoms with E-state index in [-0.39, 0.29) is 0 Å². The fourth-order valence-electron chi connectivity index (χ4n) is 2.05. The maximum Gasteiger partial charge on any atom is 0.134 e. The molecule has 0 atom stereocenters. The minimum Gasteiger partial charge on any atom is -0.486 e. The largest absolute Gasteiger partial charge is 0.486 e. The third kappa shape index (κ3) is 3.82. The number of aromatic nitrogens is 2. The van der Waals surface area contributed by atoms with Crippen LogP contribution in [0.1, 0.15) is 30.8 Å². The van der Waals surface area contributed by atoms with Gasteiger partial charge >= 0.3 is 0 Å². The number of aryl methyl sites for hydroxylation is 2. The number of benzene rings is 1. The molecular formula is C15H17Br2ClN2O. The fourth-order valence-corrected chi connectivity index (χ4v) is 3.43. The zero-order chi connectivity index (χ0) is 15.4. The number of alkyl halides is 1. The third-order valence-corrected chi connectivity index (χ3v) is 5.05. The highest BCUT2D eigenvalue weighted by Gasteiger charge is 2.15. The van der Waals surface area contributed by atoms with Crippen molar-refractivity contribution in [1.29, 1.82) is 0 Å². The first-order chi connectivity index (χ1) is 10.1. The number of halogens is 3. The minimum absolute atomic E-state index is 0.472. The number of nitrogens with zero attached hydrogens (tertiary/aromatic N) is 2. The molecule has 0 unspecified atom stereocenters. The second-order valence-electron chi connectivity index (χ2n) is 4.56. The minimum atomic E-state index is 0.472. The predicted octanol–water partition coefficient (Wildman–Crippen LogP) is 5.31. The summed E-state index contributed by atoms with van der Waals surface area (Å²) in [6, 6.07) is 5.88. The van der Waals surface area contributed by atoms with Crippen molar-refractivity contribution < 1.29 is 4.74 Å². The smallest absolute Gasteiger partial charge is 0.134 e. The Morgan fingerprint density at radius 3 is 2.62 bits per heavy atom. The molecule has 2 rings (SSSR count). The van der Waals surface area contributed by atoms with Crippen LogP contribution in [0.5, 0.6) is 5.75 Å². The van der Waals surface area contributed by atoms with Crippen LogP contribution in [0.4, 0.5) is 0 Å². The molecule has 0 spiro atoms. The lowest BCUT2D eigenvalue weighted by molar-refractivity contribution is 0.290. The van der Waals surface area contributed by atoms with Crippen molar-refractivity contribution in [3.63, 3.8) is 0 Å². The summed E-state index contributed by atoms with van der Waals surface area (Å²) in [4.78, 5) is 0. The molecule has 0 N–H and O–H groups in total. The van der Waals surface area contributed by atoms with Crippen molar-refractivity contribution in [3.8, 4) is 5.75 Å². The second kappa shape index (κ2) is 7.65. The van der Waals surface area contributed by atoms with Crippen LogP contribution in [0.2, 0.25) is 0 Å². The first-order valence-electron chi connectivity index (χ1n) is 6.81. The molecule has 0 aliphatic heterocycles. The van der Waals surface area contributed by atoms with Crippen molar-refractivity contribution in [2.75, 3.05) is 0 Å². The van der Waals surface area contributed by atoms with Crippen LogP contribution in [0.3, 0.4) is 0 Å². The van der Waals surface area contributed by atoms with Gasteiger partial charge in [-0.15, -0.1) is 11.6 Å². The molecular weight excluding hydrogens is 419 g/mol. The van der Waals surface area contributed by atoms with E-state index in [1.54, 1.807) is 0 Å². The topological polar surface area (TPSA) is 27.1 Å². The van der Waals surface area contributed by atoms with Gasteiger partial charge < -0.3 is 4.74 Å². The van der Waals surface area contributed by atoms with Crippen LogP contribution < -0.4 is 4.74 Å². The van der Waals surface area contributed by atoms with Gasteiger partial charge in [0.25, 0.3) is 0 Å². The predicted molar refractivity (Wildman–Crippen MR) is 93.0 cm³/mol. The van der Waals surface area contributed by atoms with Gasteiger partial charge in [0.15, 0.2) is 0 Å². The van der Waals surface area contributed by atoms with E-state index in [9.17, 15) is 0 Å². The van der Waals surface area contributed by atoms with Crippen molar-refractivity contribution in [1.82, 2.24) is 9.78 Å². The lowest BCUT2D eigenvalue weighted by atomic mass is 10.2. The van der Waals surface area contributed by atoms with Gasteiger partial charge in [0.05, 0.1) is 20.3 Å². The van der Waals surface area contributed by atoms with E-state index in [2.05, 4.69) is 50.8 Å². The molecule has 0 bridgehead atoms. The molecule has 0 amide bonds. The van der Waals surface area contributed by atoms with E-state index in [1.807, 2.05) is 22.9 Å². The Bertz CT molecular complexity index is 628. The normalized spacial score (nSPS) is 10.9. The molecule has 0 radical (unpaired) electrons. The molecule has 0 saturated carbocycles. The number of hydrogen-bond donors (Lipinski definition) is 0. The summed E-state index contributed by atoms with van der Waals surface area (Å²) < 4.78 is 9.85. The van der Waals surface area contributed by atoms with Gasteiger partial charge in [-0.05, 0) is 62.9 Å². The summed E-state index contributed by atoms with van der Waals surface area (Å²) >= 11 is 13.0.